The van der Waals surface area contributed by atoms with Crippen molar-refractivity contribution in [2.75, 3.05) is 39.8 Å². The quantitative estimate of drug-likeness (QED) is 0.714. The molecule has 3 nitrogen and oxygen atoms in total. The predicted molar refractivity (Wildman–Crippen MR) is 99.5 cm³/mol. The summed E-state index contributed by atoms with van der Waals surface area (Å²) < 4.78 is 6.68. The summed E-state index contributed by atoms with van der Waals surface area (Å²) in [5, 5.41) is 0. The molecule has 24 heavy (non-hydrogen) atoms. The lowest BCUT2D eigenvalue weighted by atomic mass is 9.93. The summed E-state index contributed by atoms with van der Waals surface area (Å²) in [7, 11) is 1.77. The van der Waals surface area contributed by atoms with E-state index in [0.717, 1.165) is 34.5 Å². The van der Waals surface area contributed by atoms with E-state index < -0.39 is 0 Å². The van der Waals surface area contributed by atoms with Gasteiger partial charge in [0.25, 0.3) is 0 Å². The minimum atomic E-state index is 0.902. The van der Waals surface area contributed by atoms with Gasteiger partial charge in [0, 0.05) is 16.0 Å². The third-order valence-electron chi connectivity index (χ3n) is 6.31. The molecule has 1 saturated heterocycles. The molecule has 2 aliphatic carbocycles. The van der Waals surface area contributed by atoms with E-state index in [1.54, 1.807) is 12.0 Å². The molecule has 3 aliphatic rings. The van der Waals surface area contributed by atoms with E-state index >= 15 is 0 Å². The van der Waals surface area contributed by atoms with Crippen molar-refractivity contribution in [2.24, 2.45) is 17.8 Å². The van der Waals surface area contributed by atoms with Crippen molar-refractivity contribution in [1.29, 1.82) is 0 Å². The van der Waals surface area contributed by atoms with Gasteiger partial charge in [-0.05, 0) is 42.9 Å². The lowest BCUT2D eigenvalue weighted by Gasteiger charge is -2.32. The van der Waals surface area contributed by atoms with Crippen LogP contribution in [0, 0.1) is 17.8 Å². The van der Waals surface area contributed by atoms with Crippen molar-refractivity contribution in [3.8, 4) is 5.75 Å². The highest BCUT2D eigenvalue weighted by Crippen LogP contribution is 2.42. The smallest absolute Gasteiger partial charge is 0.127 e. The third-order valence-corrected chi connectivity index (χ3v) is 6.81. The first-order chi connectivity index (χ1) is 11.7. The Morgan fingerprint density at radius 3 is 2.54 bits per heavy atom. The van der Waals surface area contributed by atoms with E-state index in [1.807, 2.05) is 4.90 Å². The molecule has 0 amide bonds. The summed E-state index contributed by atoms with van der Waals surface area (Å²) >= 11 is 3.59. The Morgan fingerprint density at radius 1 is 1.08 bits per heavy atom. The number of piperazine rings is 1. The van der Waals surface area contributed by atoms with Gasteiger partial charge < -0.3 is 14.5 Å². The van der Waals surface area contributed by atoms with Crippen LogP contribution in [-0.4, -0.2) is 39.8 Å². The standard InChI is InChI=1S/C20H27BrN2O/c1-24-20-5-4-19(21)12-18(20)14-23-8-6-22(7-9-23)13-17-11-15-2-3-16(17)10-15/h2-5,12,15-17H,6-11,13-14H2,1H3/p+2/t15-,16-,17-/m0/s1. The Morgan fingerprint density at radius 2 is 1.88 bits per heavy atom. The zero-order chi connectivity index (χ0) is 16.5. The largest absolute Gasteiger partial charge is 0.496 e. The van der Waals surface area contributed by atoms with Gasteiger partial charge in [-0.2, -0.15) is 0 Å². The minimum Gasteiger partial charge on any atom is -0.496 e. The van der Waals surface area contributed by atoms with Gasteiger partial charge in [0.15, 0.2) is 0 Å². The number of quaternary nitrogens is 2. The van der Waals surface area contributed by atoms with E-state index in [9.17, 15) is 0 Å². The van der Waals surface area contributed by atoms with Gasteiger partial charge >= 0.3 is 0 Å². The molecule has 0 aromatic heterocycles. The van der Waals surface area contributed by atoms with E-state index in [-0.39, 0.29) is 0 Å². The van der Waals surface area contributed by atoms with Crippen LogP contribution in [0.1, 0.15) is 18.4 Å². The molecule has 0 spiro atoms. The summed E-state index contributed by atoms with van der Waals surface area (Å²) in [6.07, 6.45) is 7.86. The summed E-state index contributed by atoms with van der Waals surface area (Å²) in [6, 6.07) is 6.35. The van der Waals surface area contributed by atoms with E-state index in [4.69, 9.17) is 4.74 Å². The number of rotatable bonds is 5. The van der Waals surface area contributed by atoms with Gasteiger partial charge in [0.05, 0.1) is 13.7 Å². The number of methoxy groups -OCH3 is 1. The van der Waals surface area contributed by atoms with E-state index in [2.05, 4.69) is 46.3 Å². The highest BCUT2D eigenvalue weighted by molar-refractivity contribution is 9.10. The molecule has 1 aromatic carbocycles. The lowest BCUT2D eigenvalue weighted by Crippen LogP contribution is -3.27. The van der Waals surface area contributed by atoms with Crippen LogP contribution < -0.4 is 14.5 Å². The lowest BCUT2D eigenvalue weighted by molar-refractivity contribution is -1.02. The number of fused-ring (bicyclic) bond motifs is 2. The molecule has 0 radical (unpaired) electrons. The fourth-order valence-corrected chi connectivity index (χ4v) is 5.40. The summed E-state index contributed by atoms with van der Waals surface area (Å²) in [6.45, 7) is 7.68. The average Bonchev–Trinajstić information content (AvgIpc) is 3.20. The summed E-state index contributed by atoms with van der Waals surface area (Å²) in [5.41, 5.74) is 1.32. The molecule has 2 N–H and O–H groups in total. The summed E-state index contributed by atoms with van der Waals surface area (Å²) in [5.74, 6) is 3.80. The Kier molecular flexibility index (Phi) is 4.98. The Bertz CT molecular complexity index is 610. The van der Waals surface area contributed by atoms with Gasteiger partial charge in [0.2, 0.25) is 0 Å². The van der Waals surface area contributed by atoms with Crippen LogP contribution in [0.15, 0.2) is 34.8 Å². The zero-order valence-electron chi connectivity index (χ0n) is 14.6. The van der Waals surface area contributed by atoms with Crippen LogP contribution >= 0.6 is 15.9 Å². The number of hydrogen-bond donors (Lipinski definition) is 2. The molecule has 1 saturated carbocycles. The third kappa shape index (κ3) is 3.56. The molecule has 1 heterocycles. The van der Waals surface area contributed by atoms with Gasteiger partial charge in [-0.3, -0.25) is 0 Å². The van der Waals surface area contributed by atoms with Gasteiger partial charge in [-0.15, -0.1) is 0 Å². The van der Waals surface area contributed by atoms with Gasteiger partial charge in [-0.25, -0.2) is 0 Å². The van der Waals surface area contributed by atoms with Crippen molar-refractivity contribution in [2.45, 2.75) is 19.4 Å². The first-order valence-electron chi connectivity index (χ1n) is 9.39. The molecular formula is C20H29BrN2O+2. The highest BCUT2D eigenvalue weighted by atomic mass is 79.9. The Hall–Kier alpha value is -0.840. The van der Waals surface area contributed by atoms with Crippen LogP contribution in [0.5, 0.6) is 5.75 Å². The molecule has 130 valence electrons. The second-order valence-electron chi connectivity index (χ2n) is 7.88. The fraction of sp³-hybridized carbons (Fsp3) is 0.600. The normalized spacial score (nSPS) is 34.7. The van der Waals surface area contributed by atoms with Gasteiger partial charge in [-0.1, -0.05) is 28.1 Å². The predicted octanol–water partition coefficient (Wildman–Crippen LogP) is 0.953. The van der Waals surface area contributed by atoms with Crippen LogP contribution in [0.25, 0.3) is 0 Å². The SMILES string of the molecule is COc1ccc(Br)cc1C[NH+]1CC[NH+](C[C@@H]2C[C@H]3C=C[C@H]2C3)CC1. The second kappa shape index (κ2) is 7.19. The minimum absolute atomic E-state index is 0.902. The zero-order valence-corrected chi connectivity index (χ0v) is 16.1. The van der Waals surface area contributed by atoms with Crippen molar-refractivity contribution < 1.29 is 14.5 Å². The molecule has 2 bridgehead atoms. The molecule has 1 aliphatic heterocycles. The van der Waals surface area contributed by atoms with Crippen molar-refractivity contribution in [1.82, 2.24) is 0 Å². The number of allylic oxidation sites excluding steroid dienone is 2. The molecule has 0 unspecified atom stereocenters. The average molecular weight is 393 g/mol. The highest BCUT2D eigenvalue weighted by Gasteiger charge is 2.38. The number of halogens is 1. The number of benzene rings is 1. The fourth-order valence-electron chi connectivity index (χ4n) is 4.99. The molecule has 3 atom stereocenters. The van der Waals surface area contributed by atoms with Crippen LogP contribution in [0.2, 0.25) is 0 Å². The maximum atomic E-state index is 5.53. The maximum absolute atomic E-state index is 5.53. The van der Waals surface area contributed by atoms with Crippen molar-refractivity contribution >= 4 is 15.9 Å². The monoisotopic (exact) mass is 392 g/mol. The Balaban J connectivity index is 1.29. The second-order valence-corrected chi connectivity index (χ2v) is 8.79. The van der Waals surface area contributed by atoms with E-state index in [1.165, 1.54) is 51.1 Å². The number of hydrogen-bond acceptors (Lipinski definition) is 1. The first kappa shape index (κ1) is 16.6. The molecule has 4 rings (SSSR count). The summed E-state index contributed by atoms with van der Waals surface area (Å²) in [4.78, 5) is 3.54. The molecular weight excluding hydrogens is 364 g/mol. The molecule has 4 heteroatoms. The van der Waals surface area contributed by atoms with Crippen LogP contribution in [0.4, 0.5) is 0 Å². The van der Waals surface area contributed by atoms with Gasteiger partial charge in [0.1, 0.15) is 38.5 Å². The topological polar surface area (TPSA) is 18.1 Å². The van der Waals surface area contributed by atoms with E-state index in [0.29, 0.717) is 0 Å². The molecule has 2 fully saturated rings. The first-order valence-corrected chi connectivity index (χ1v) is 10.2. The van der Waals surface area contributed by atoms with Crippen molar-refractivity contribution in [3.05, 3.63) is 40.4 Å². The Labute approximate surface area is 153 Å². The number of nitrogens with one attached hydrogen (secondary N) is 2. The molecule has 1 aromatic rings. The number of ether oxygens (including phenoxy) is 1. The maximum Gasteiger partial charge on any atom is 0.127 e. The van der Waals surface area contributed by atoms with Crippen LogP contribution in [0.3, 0.4) is 0 Å². The van der Waals surface area contributed by atoms with Crippen molar-refractivity contribution in [3.63, 3.8) is 0 Å². The van der Waals surface area contributed by atoms with Crippen LogP contribution in [-0.2, 0) is 6.54 Å².